The van der Waals surface area contributed by atoms with Gasteiger partial charge in [0.05, 0.1) is 34.5 Å². The van der Waals surface area contributed by atoms with Gasteiger partial charge in [0.15, 0.2) is 17.3 Å². The number of nitrogens with zero attached hydrogens (tertiary/aromatic N) is 3. The third kappa shape index (κ3) is 5.11. The van der Waals surface area contributed by atoms with Gasteiger partial charge < -0.3 is 24.4 Å². The molecule has 3 fully saturated rings. The molecule has 3 aromatic rings. The minimum absolute atomic E-state index is 0.0284. The molecule has 39 heavy (non-hydrogen) atoms. The molecule has 1 aromatic heterocycles. The van der Waals surface area contributed by atoms with Crippen LogP contribution in [0.2, 0.25) is 10.0 Å². The van der Waals surface area contributed by atoms with E-state index in [4.69, 9.17) is 37.4 Å². The van der Waals surface area contributed by atoms with Crippen LogP contribution in [0.25, 0.3) is 10.9 Å². The van der Waals surface area contributed by atoms with Crippen molar-refractivity contribution in [2.24, 2.45) is 0 Å². The predicted octanol–water partition coefficient (Wildman–Crippen LogP) is 6.07. The average molecular weight is 573 g/mol. The van der Waals surface area contributed by atoms with Crippen molar-refractivity contribution in [1.29, 1.82) is 0 Å². The number of carbonyl (C=O) groups excluding carboxylic acids is 1. The van der Waals surface area contributed by atoms with E-state index in [1.165, 1.54) is 24.5 Å². The van der Waals surface area contributed by atoms with Gasteiger partial charge in [-0.3, -0.25) is 4.79 Å². The normalized spacial score (nSPS) is 24.1. The molecule has 3 aliphatic rings. The van der Waals surface area contributed by atoms with E-state index in [-0.39, 0.29) is 45.9 Å². The molecule has 1 N–H and O–H groups in total. The van der Waals surface area contributed by atoms with Crippen LogP contribution in [-0.2, 0) is 9.53 Å². The molecular weight excluding hydrogens is 546 g/mol. The van der Waals surface area contributed by atoms with Crippen molar-refractivity contribution in [3.05, 3.63) is 59.1 Å². The summed E-state index contributed by atoms with van der Waals surface area (Å²) < 4.78 is 33.2. The number of aromatic nitrogens is 2. The lowest BCUT2D eigenvalue weighted by molar-refractivity contribution is -0.131. The Labute approximate surface area is 235 Å². The summed E-state index contributed by atoms with van der Waals surface area (Å²) in [5.41, 5.74) is 0.729. The van der Waals surface area contributed by atoms with E-state index >= 15 is 0 Å². The van der Waals surface area contributed by atoms with Crippen molar-refractivity contribution in [3.63, 3.8) is 0 Å². The van der Waals surface area contributed by atoms with E-state index in [9.17, 15) is 9.18 Å². The molecule has 3 aliphatic heterocycles. The standard InChI is InChI=1S/C28H27Cl2FN4O4/c1-2-25(36)35-15-3-4-16(35)10-18(9-15)39-23-11-19-22(12-24(23)38-17-7-8-37-13-17)32-14-33-28(19)34-21-6-5-20(29)26(30)27(21)31/h2,5-6,11-12,14-18H,1,3-4,7-10,13H2,(H,32,33,34)/t15-,16?,17+,18-/m0/s1. The monoisotopic (exact) mass is 572 g/mol. The number of anilines is 2. The number of hydrogen-bond acceptors (Lipinski definition) is 7. The lowest BCUT2D eigenvalue weighted by Gasteiger charge is -2.38. The number of ether oxygens (including phenoxy) is 3. The molecule has 11 heteroatoms. The second-order valence-electron chi connectivity index (χ2n) is 10.0. The van der Waals surface area contributed by atoms with E-state index < -0.39 is 5.82 Å². The summed E-state index contributed by atoms with van der Waals surface area (Å²) in [5, 5.41) is 3.59. The maximum Gasteiger partial charge on any atom is 0.246 e. The predicted molar refractivity (Wildman–Crippen MR) is 147 cm³/mol. The summed E-state index contributed by atoms with van der Waals surface area (Å²) in [6.07, 6.45) is 6.67. The zero-order valence-corrected chi connectivity index (χ0v) is 22.6. The van der Waals surface area contributed by atoms with Gasteiger partial charge in [-0.05, 0) is 37.1 Å². The maximum absolute atomic E-state index is 14.8. The molecule has 2 bridgehead atoms. The Hall–Kier alpha value is -3.14. The molecule has 204 valence electrons. The van der Waals surface area contributed by atoms with Gasteiger partial charge in [-0.15, -0.1) is 0 Å². The Morgan fingerprint density at radius 1 is 1.10 bits per heavy atom. The van der Waals surface area contributed by atoms with Crippen molar-refractivity contribution in [1.82, 2.24) is 14.9 Å². The fraction of sp³-hybridized carbons (Fsp3) is 0.393. The highest BCUT2D eigenvalue weighted by Crippen LogP contribution is 2.42. The first kappa shape index (κ1) is 26.1. The topological polar surface area (TPSA) is 85.8 Å². The summed E-state index contributed by atoms with van der Waals surface area (Å²) in [6.45, 7) is 4.79. The number of nitrogens with one attached hydrogen (secondary N) is 1. The highest BCUT2D eigenvalue weighted by atomic mass is 35.5. The first-order valence-electron chi connectivity index (χ1n) is 13.0. The molecule has 0 aliphatic carbocycles. The lowest BCUT2D eigenvalue weighted by atomic mass is 9.99. The lowest BCUT2D eigenvalue weighted by Crippen LogP contribution is -2.48. The minimum Gasteiger partial charge on any atom is -0.486 e. The fourth-order valence-corrected chi connectivity index (χ4v) is 6.06. The van der Waals surface area contributed by atoms with Crippen LogP contribution in [0, 0.1) is 5.82 Å². The van der Waals surface area contributed by atoms with Gasteiger partial charge in [-0.2, -0.15) is 0 Å². The molecular formula is C28H27Cl2FN4O4. The molecule has 3 saturated heterocycles. The molecule has 0 radical (unpaired) electrons. The van der Waals surface area contributed by atoms with Crippen LogP contribution in [0.5, 0.6) is 11.5 Å². The second-order valence-corrected chi connectivity index (χ2v) is 10.8. The number of benzene rings is 2. The second kappa shape index (κ2) is 10.8. The SMILES string of the molecule is C=CC(=O)N1C2CC[C@H]1C[C@H](Oc1cc3c(Nc4ccc(Cl)c(Cl)c4F)ncnc3cc1O[C@@H]1CCOC1)C2. The van der Waals surface area contributed by atoms with Gasteiger partial charge in [0.2, 0.25) is 5.91 Å². The largest absolute Gasteiger partial charge is 0.486 e. The number of hydrogen-bond donors (Lipinski definition) is 1. The molecule has 1 amide bonds. The van der Waals surface area contributed by atoms with Crippen LogP contribution in [0.15, 0.2) is 43.2 Å². The fourth-order valence-electron chi connectivity index (χ4n) is 5.75. The molecule has 0 saturated carbocycles. The van der Waals surface area contributed by atoms with Gasteiger partial charge in [0.1, 0.15) is 24.4 Å². The quantitative estimate of drug-likeness (QED) is 0.271. The van der Waals surface area contributed by atoms with E-state index in [1.807, 2.05) is 17.0 Å². The maximum atomic E-state index is 14.8. The number of piperidine rings is 1. The Morgan fingerprint density at radius 2 is 1.85 bits per heavy atom. The average Bonchev–Trinajstić information content (AvgIpc) is 3.54. The Balaban J connectivity index is 1.34. The number of rotatable bonds is 7. The van der Waals surface area contributed by atoms with E-state index in [0.29, 0.717) is 54.3 Å². The highest BCUT2D eigenvalue weighted by molar-refractivity contribution is 6.42. The van der Waals surface area contributed by atoms with E-state index in [2.05, 4.69) is 21.9 Å². The number of amides is 1. The van der Waals surface area contributed by atoms with Crippen LogP contribution in [-0.4, -0.2) is 58.3 Å². The Kier molecular flexibility index (Phi) is 7.22. The zero-order chi connectivity index (χ0) is 27.1. The summed E-state index contributed by atoms with van der Waals surface area (Å²) in [6, 6.07) is 6.88. The molecule has 4 atom stereocenters. The van der Waals surface area contributed by atoms with Gasteiger partial charge in [-0.25, -0.2) is 14.4 Å². The van der Waals surface area contributed by atoms with E-state index in [0.717, 1.165) is 19.3 Å². The molecule has 6 rings (SSSR count). The third-order valence-corrected chi connectivity index (χ3v) is 8.36. The summed E-state index contributed by atoms with van der Waals surface area (Å²) >= 11 is 12.0. The van der Waals surface area contributed by atoms with Crippen LogP contribution < -0.4 is 14.8 Å². The first-order chi connectivity index (χ1) is 18.9. The third-order valence-electron chi connectivity index (χ3n) is 7.58. The van der Waals surface area contributed by atoms with Crippen molar-refractivity contribution in [2.45, 2.75) is 56.4 Å². The molecule has 8 nitrogen and oxygen atoms in total. The van der Waals surface area contributed by atoms with Crippen LogP contribution in [0.3, 0.4) is 0 Å². The van der Waals surface area contributed by atoms with Gasteiger partial charge in [-0.1, -0.05) is 29.8 Å². The number of carbonyl (C=O) groups is 1. The van der Waals surface area contributed by atoms with Crippen LogP contribution >= 0.6 is 23.2 Å². The first-order valence-corrected chi connectivity index (χ1v) is 13.7. The Morgan fingerprint density at radius 3 is 2.56 bits per heavy atom. The van der Waals surface area contributed by atoms with Crippen LogP contribution in [0.1, 0.15) is 32.1 Å². The zero-order valence-electron chi connectivity index (χ0n) is 21.0. The molecule has 4 heterocycles. The van der Waals surface area contributed by atoms with Gasteiger partial charge in [0.25, 0.3) is 0 Å². The van der Waals surface area contributed by atoms with Gasteiger partial charge in [0, 0.05) is 42.8 Å². The Bertz CT molecular complexity index is 1420. The van der Waals surface area contributed by atoms with Gasteiger partial charge >= 0.3 is 0 Å². The summed E-state index contributed by atoms with van der Waals surface area (Å²) in [4.78, 5) is 23.1. The molecule has 0 spiro atoms. The molecule has 2 aromatic carbocycles. The summed E-state index contributed by atoms with van der Waals surface area (Å²) in [7, 11) is 0. The summed E-state index contributed by atoms with van der Waals surface area (Å²) in [5.74, 6) is 0.767. The smallest absolute Gasteiger partial charge is 0.246 e. The highest BCUT2D eigenvalue weighted by Gasteiger charge is 2.43. The molecule has 1 unspecified atom stereocenters. The van der Waals surface area contributed by atoms with Crippen LogP contribution in [0.4, 0.5) is 15.9 Å². The minimum atomic E-state index is -0.676. The number of fused-ring (bicyclic) bond motifs is 3. The van der Waals surface area contributed by atoms with Crippen molar-refractivity contribution < 1.29 is 23.4 Å². The number of halogens is 3. The van der Waals surface area contributed by atoms with Crippen molar-refractivity contribution in [3.8, 4) is 11.5 Å². The van der Waals surface area contributed by atoms with Crippen molar-refractivity contribution in [2.75, 3.05) is 18.5 Å². The van der Waals surface area contributed by atoms with Crippen molar-refractivity contribution >= 4 is 51.5 Å². The van der Waals surface area contributed by atoms with E-state index in [1.54, 1.807) is 0 Å².